The Balaban J connectivity index is 1.88. The highest BCUT2D eigenvalue weighted by Crippen LogP contribution is 2.24. The number of fused-ring (bicyclic) bond motifs is 1. The number of hydrogen-bond acceptors (Lipinski definition) is 4. The quantitative estimate of drug-likeness (QED) is 0.869. The van der Waals surface area contributed by atoms with Gasteiger partial charge in [0, 0.05) is 29.7 Å². The Morgan fingerprint density at radius 3 is 3.00 bits per heavy atom. The van der Waals surface area contributed by atoms with Gasteiger partial charge in [-0.2, -0.15) is 0 Å². The van der Waals surface area contributed by atoms with Crippen LogP contribution in [0.1, 0.15) is 21.6 Å². The van der Waals surface area contributed by atoms with E-state index in [1.54, 1.807) is 17.2 Å². The molecule has 0 atom stereocenters. The van der Waals surface area contributed by atoms with Gasteiger partial charge in [0.25, 0.3) is 5.91 Å². The second kappa shape index (κ2) is 5.44. The van der Waals surface area contributed by atoms with Crippen LogP contribution in [0.15, 0.2) is 36.5 Å². The maximum Gasteiger partial charge on any atom is 0.257 e. The number of ether oxygens (including phenoxy) is 1. The molecule has 1 aromatic heterocycles. The van der Waals surface area contributed by atoms with Gasteiger partial charge < -0.3 is 15.4 Å². The number of benzene rings is 1. The number of nitrogen functional groups attached to an aromatic ring is 1. The Bertz CT molecular complexity index is 685. The summed E-state index contributed by atoms with van der Waals surface area (Å²) >= 11 is 0. The lowest BCUT2D eigenvalue weighted by atomic mass is 10.1. The molecular formula is C16H17N3O2. The van der Waals surface area contributed by atoms with E-state index in [4.69, 9.17) is 10.5 Å². The molecule has 0 bridgehead atoms. The summed E-state index contributed by atoms with van der Waals surface area (Å²) in [6.07, 6.45) is 1.55. The van der Waals surface area contributed by atoms with E-state index in [0.717, 1.165) is 17.0 Å². The van der Waals surface area contributed by atoms with Crippen LogP contribution in [0.5, 0.6) is 5.75 Å². The third-order valence-electron chi connectivity index (χ3n) is 3.54. The molecule has 5 heteroatoms. The van der Waals surface area contributed by atoms with Crippen molar-refractivity contribution in [2.75, 3.05) is 18.9 Å². The number of nitrogens with two attached hydrogens (primary N) is 1. The van der Waals surface area contributed by atoms with Crippen LogP contribution < -0.4 is 10.5 Å². The van der Waals surface area contributed by atoms with Gasteiger partial charge in [-0.3, -0.25) is 9.78 Å². The van der Waals surface area contributed by atoms with Crippen molar-refractivity contribution in [3.8, 4) is 5.75 Å². The van der Waals surface area contributed by atoms with Crippen molar-refractivity contribution in [2.24, 2.45) is 0 Å². The summed E-state index contributed by atoms with van der Waals surface area (Å²) in [5.74, 6) is 0.725. The third-order valence-corrected chi connectivity index (χ3v) is 3.54. The predicted molar refractivity (Wildman–Crippen MR) is 80.1 cm³/mol. The lowest BCUT2D eigenvalue weighted by Gasteiger charge is -2.20. The molecule has 0 aliphatic carbocycles. The van der Waals surface area contributed by atoms with E-state index < -0.39 is 0 Å². The van der Waals surface area contributed by atoms with Gasteiger partial charge in [-0.25, -0.2) is 0 Å². The van der Waals surface area contributed by atoms with Gasteiger partial charge in [0.1, 0.15) is 12.4 Å². The number of para-hydroxylation sites is 1. The third kappa shape index (κ3) is 2.67. The van der Waals surface area contributed by atoms with Crippen molar-refractivity contribution in [1.82, 2.24) is 9.88 Å². The fourth-order valence-corrected chi connectivity index (χ4v) is 2.43. The van der Waals surface area contributed by atoms with Gasteiger partial charge in [0.2, 0.25) is 0 Å². The van der Waals surface area contributed by atoms with Gasteiger partial charge >= 0.3 is 0 Å². The van der Waals surface area contributed by atoms with Crippen LogP contribution >= 0.6 is 0 Å². The lowest BCUT2D eigenvalue weighted by Crippen LogP contribution is -2.33. The van der Waals surface area contributed by atoms with E-state index in [1.165, 1.54) is 0 Å². The summed E-state index contributed by atoms with van der Waals surface area (Å²) in [5, 5.41) is 0. The summed E-state index contributed by atoms with van der Waals surface area (Å²) in [7, 11) is 0. The van der Waals surface area contributed by atoms with Crippen LogP contribution in [0.3, 0.4) is 0 Å². The van der Waals surface area contributed by atoms with Crippen LogP contribution in [0.25, 0.3) is 0 Å². The molecule has 0 fully saturated rings. The number of amides is 1. The minimum Gasteiger partial charge on any atom is -0.491 e. The summed E-state index contributed by atoms with van der Waals surface area (Å²) in [6, 6.07) is 9.48. The zero-order valence-electron chi connectivity index (χ0n) is 11.9. The van der Waals surface area contributed by atoms with E-state index in [1.807, 2.05) is 31.2 Å². The van der Waals surface area contributed by atoms with Crippen molar-refractivity contribution < 1.29 is 9.53 Å². The van der Waals surface area contributed by atoms with E-state index >= 15 is 0 Å². The fourth-order valence-electron chi connectivity index (χ4n) is 2.43. The molecule has 2 N–H and O–H groups in total. The smallest absolute Gasteiger partial charge is 0.257 e. The average Bonchev–Trinajstić information content (AvgIpc) is 2.68. The molecule has 0 radical (unpaired) electrons. The largest absolute Gasteiger partial charge is 0.491 e. The molecule has 1 amide bonds. The first-order valence-electron chi connectivity index (χ1n) is 6.87. The van der Waals surface area contributed by atoms with Crippen LogP contribution in [0, 0.1) is 6.92 Å². The first kappa shape index (κ1) is 13.4. The first-order valence-corrected chi connectivity index (χ1v) is 6.87. The Morgan fingerprint density at radius 1 is 1.38 bits per heavy atom. The second-order valence-corrected chi connectivity index (χ2v) is 5.10. The Kier molecular flexibility index (Phi) is 3.48. The molecule has 0 spiro atoms. The predicted octanol–water partition coefficient (Wildman–Crippen LogP) is 2.01. The van der Waals surface area contributed by atoms with Gasteiger partial charge in [0.15, 0.2) is 0 Å². The summed E-state index contributed by atoms with van der Waals surface area (Å²) in [5.41, 5.74) is 8.65. The van der Waals surface area contributed by atoms with E-state index in [9.17, 15) is 4.79 Å². The number of carbonyl (C=O) groups is 1. The topological polar surface area (TPSA) is 68.5 Å². The highest BCUT2D eigenvalue weighted by atomic mass is 16.5. The number of anilines is 1. The molecule has 3 rings (SSSR count). The highest BCUT2D eigenvalue weighted by molar-refractivity contribution is 5.98. The Labute approximate surface area is 123 Å². The maximum absolute atomic E-state index is 12.6. The number of rotatable bonds is 1. The minimum absolute atomic E-state index is 0.111. The zero-order valence-corrected chi connectivity index (χ0v) is 11.9. The van der Waals surface area contributed by atoms with Crippen molar-refractivity contribution in [3.63, 3.8) is 0 Å². The second-order valence-electron chi connectivity index (χ2n) is 5.10. The molecule has 0 unspecified atom stereocenters. The molecule has 108 valence electrons. The maximum atomic E-state index is 12.6. The molecule has 0 saturated heterocycles. The highest BCUT2D eigenvalue weighted by Gasteiger charge is 2.22. The van der Waals surface area contributed by atoms with Crippen LogP contribution in [-0.4, -0.2) is 28.9 Å². The Morgan fingerprint density at radius 2 is 2.19 bits per heavy atom. The average molecular weight is 283 g/mol. The summed E-state index contributed by atoms with van der Waals surface area (Å²) in [4.78, 5) is 18.6. The van der Waals surface area contributed by atoms with E-state index in [0.29, 0.717) is 30.9 Å². The summed E-state index contributed by atoms with van der Waals surface area (Å²) < 4.78 is 5.67. The van der Waals surface area contributed by atoms with Crippen molar-refractivity contribution in [3.05, 3.63) is 53.3 Å². The monoisotopic (exact) mass is 283 g/mol. The Hall–Kier alpha value is -2.56. The molecule has 1 aromatic carbocycles. The van der Waals surface area contributed by atoms with Crippen molar-refractivity contribution >= 4 is 11.6 Å². The van der Waals surface area contributed by atoms with Crippen LogP contribution in [0.2, 0.25) is 0 Å². The van der Waals surface area contributed by atoms with Crippen molar-refractivity contribution in [2.45, 2.75) is 13.5 Å². The number of nitrogens with zero attached hydrogens (tertiary/aromatic N) is 2. The molecule has 5 nitrogen and oxygen atoms in total. The first-order chi connectivity index (χ1) is 10.1. The number of pyridine rings is 1. The lowest BCUT2D eigenvalue weighted by molar-refractivity contribution is 0.0734. The fraction of sp³-hybridized carbons (Fsp3) is 0.250. The van der Waals surface area contributed by atoms with Gasteiger partial charge in [0.05, 0.1) is 12.1 Å². The molecule has 2 heterocycles. The number of hydrogen-bond donors (Lipinski definition) is 1. The number of carbonyl (C=O) groups excluding carboxylic acids is 1. The molecule has 21 heavy (non-hydrogen) atoms. The van der Waals surface area contributed by atoms with Gasteiger partial charge in [-0.05, 0) is 19.1 Å². The van der Waals surface area contributed by atoms with Crippen LogP contribution in [-0.2, 0) is 6.54 Å². The molecule has 1 aliphatic rings. The molecule has 0 saturated carbocycles. The van der Waals surface area contributed by atoms with Crippen molar-refractivity contribution in [1.29, 1.82) is 0 Å². The molecule has 2 aromatic rings. The standard InChI is InChI=1S/C16H17N3O2/c1-11-8-14(17)13(9-18-11)16(20)19-6-7-21-15-5-3-2-4-12(15)10-19/h2-5,8-9H,6-7,10H2,1H3,(H2,17,18). The number of aryl methyl sites for hydroxylation is 1. The molecular weight excluding hydrogens is 266 g/mol. The van der Waals surface area contributed by atoms with E-state index in [-0.39, 0.29) is 5.91 Å². The van der Waals surface area contributed by atoms with E-state index in [2.05, 4.69) is 4.98 Å². The van der Waals surface area contributed by atoms with Gasteiger partial charge in [-0.15, -0.1) is 0 Å². The number of aromatic nitrogens is 1. The SMILES string of the molecule is Cc1cc(N)c(C(=O)N2CCOc3ccccc3C2)cn1. The zero-order chi connectivity index (χ0) is 14.8. The van der Waals surface area contributed by atoms with Gasteiger partial charge in [-0.1, -0.05) is 18.2 Å². The summed E-state index contributed by atoms with van der Waals surface area (Å²) in [6.45, 7) is 3.37. The molecule has 1 aliphatic heterocycles. The van der Waals surface area contributed by atoms with Crippen LogP contribution in [0.4, 0.5) is 5.69 Å². The normalized spacial score (nSPS) is 14.0. The minimum atomic E-state index is -0.111.